The molecule has 0 saturated heterocycles. The zero-order chi connectivity index (χ0) is 22.1. The van der Waals surface area contributed by atoms with Gasteiger partial charge in [-0.25, -0.2) is 13.7 Å². The Morgan fingerprint density at radius 3 is 2.29 bits per heavy atom. The Kier molecular flexibility index (Phi) is 5.25. The van der Waals surface area contributed by atoms with Crippen molar-refractivity contribution in [2.75, 3.05) is 17.3 Å². The summed E-state index contributed by atoms with van der Waals surface area (Å²) in [6, 6.07) is 15.8. The Morgan fingerprint density at radius 2 is 1.61 bits per heavy atom. The number of hydrogen-bond donors (Lipinski definition) is 1. The van der Waals surface area contributed by atoms with E-state index in [-0.39, 0.29) is 17.0 Å². The largest absolute Gasteiger partial charge is 0.495 e. The summed E-state index contributed by atoms with van der Waals surface area (Å²) in [7, 11) is 1.49. The second kappa shape index (κ2) is 8.02. The number of nitrogens with one attached hydrogen (secondary N) is 1. The van der Waals surface area contributed by atoms with Gasteiger partial charge in [0.2, 0.25) is 0 Å². The molecule has 1 aliphatic rings. The van der Waals surface area contributed by atoms with E-state index >= 15 is 0 Å². The number of benzene rings is 3. The molecule has 0 bridgehead atoms. The standard InChI is InChI=1S/C24H18F2N2O3/c1-14-6-11-20(31-2)19(12-14)27-22-21(15-7-9-16(25)10-8-15)23(29)28(24(22)30)18-5-3-4-17(26)13-18/h3-13,27H,1-2H3. The SMILES string of the molecule is COc1ccc(C)cc1NC1=C(c2ccc(F)cc2)C(=O)N(c2cccc(F)c2)C1=O. The van der Waals surface area contributed by atoms with Crippen molar-refractivity contribution in [3.63, 3.8) is 0 Å². The summed E-state index contributed by atoms with van der Waals surface area (Å²) in [5.74, 6) is -1.88. The topological polar surface area (TPSA) is 58.6 Å². The van der Waals surface area contributed by atoms with E-state index in [1.807, 2.05) is 13.0 Å². The molecule has 0 saturated carbocycles. The molecule has 7 heteroatoms. The van der Waals surface area contributed by atoms with Crippen LogP contribution in [-0.2, 0) is 9.59 Å². The highest BCUT2D eigenvalue weighted by atomic mass is 19.1. The van der Waals surface area contributed by atoms with Crippen LogP contribution in [0.4, 0.5) is 20.2 Å². The van der Waals surface area contributed by atoms with E-state index in [9.17, 15) is 18.4 Å². The predicted octanol–water partition coefficient (Wildman–Crippen LogP) is 4.68. The monoisotopic (exact) mass is 420 g/mol. The molecule has 0 aliphatic carbocycles. The Hall–Kier alpha value is -4.00. The van der Waals surface area contributed by atoms with E-state index in [0.29, 0.717) is 17.0 Å². The molecule has 5 nitrogen and oxygen atoms in total. The van der Waals surface area contributed by atoms with E-state index in [1.165, 1.54) is 49.6 Å². The van der Waals surface area contributed by atoms with Crippen LogP contribution in [0.1, 0.15) is 11.1 Å². The minimum absolute atomic E-state index is 0.00947. The van der Waals surface area contributed by atoms with Crippen LogP contribution in [0.2, 0.25) is 0 Å². The van der Waals surface area contributed by atoms with Gasteiger partial charge in [0.15, 0.2) is 0 Å². The Bertz CT molecular complexity index is 1220. The summed E-state index contributed by atoms with van der Waals surface area (Å²) in [6.07, 6.45) is 0. The Labute approximate surface area is 177 Å². The lowest BCUT2D eigenvalue weighted by Crippen LogP contribution is -2.32. The van der Waals surface area contributed by atoms with Gasteiger partial charge in [0.05, 0.1) is 24.1 Å². The first-order chi connectivity index (χ1) is 14.9. The maximum atomic E-state index is 13.8. The lowest BCUT2D eigenvalue weighted by molar-refractivity contribution is -0.120. The van der Waals surface area contributed by atoms with Crippen LogP contribution in [0.5, 0.6) is 5.75 Å². The van der Waals surface area contributed by atoms with Crippen LogP contribution < -0.4 is 15.0 Å². The van der Waals surface area contributed by atoms with Crippen LogP contribution in [0.3, 0.4) is 0 Å². The third kappa shape index (κ3) is 3.77. The number of ether oxygens (including phenoxy) is 1. The van der Waals surface area contributed by atoms with Gasteiger partial charge < -0.3 is 10.1 Å². The molecule has 0 aromatic heterocycles. The fourth-order valence-electron chi connectivity index (χ4n) is 3.43. The van der Waals surface area contributed by atoms with Crippen molar-refractivity contribution < 1.29 is 23.1 Å². The number of methoxy groups -OCH3 is 1. The van der Waals surface area contributed by atoms with Crippen molar-refractivity contribution in [1.82, 2.24) is 0 Å². The van der Waals surface area contributed by atoms with Gasteiger partial charge >= 0.3 is 0 Å². The van der Waals surface area contributed by atoms with Gasteiger partial charge in [-0.05, 0) is 60.5 Å². The molecule has 1 heterocycles. The normalized spacial score (nSPS) is 13.7. The summed E-state index contributed by atoms with van der Waals surface area (Å²) in [5.41, 5.74) is 1.89. The molecular formula is C24H18F2N2O3. The number of carbonyl (C=O) groups is 2. The summed E-state index contributed by atoms with van der Waals surface area (Å²) in [5, 5.41) is 3.01. The minimum Gasteiger partial charge on any atom is -0.495 e. The van der Waals surface area contributed by atoms with Crippen molar-refractivity contribution in [3.05, 3.63) is 95.2 Å². The molecule has 0 fully saturated rings. The van der Waals surface area contributed by atoms with Crippen molar-refractivity contribution in [1.29, 1.82) is 0 Å². The maximum Gasteiger partial charge on any atom is 0.282 e. The first-order valence-electron chi connectivity index (χ1n) is 9.45. The van der Waals surface area contributed by atoms with Crippen LogP contribution in [0.15, 0.2) is 72.4 Å². The van der Waals surface area contributed by atoms with Crippen LogP contribution >= 0.6 is 0 Å². The van der Waals surface area contributed by atoms with Crippen LogP contribution in [0, 0.1) is 18.6 Å². The molecule has 3 aromatic carbocycles. The summed E-state index contributed by atoms with van der Waals surface area (Å²) >= 11 is 0. The summed E-state index contributed by atoms with van der Waals surface area (Å²) in [4.78, 5) is 27.5. The number of halogens is 2. The lowest BCUT2D eigenvalue weighted by atomic mass is 10.0. The quantitative estimate of drug-likeness (QED) is 0.609. The number of nitrogens with zero attached hydrogens (tertiary/aromatic N) is 1. The number of rotatable bonds is 5. The van der Waals surface area contributed by atoms with Gasteiger partial charge in [0.1, 0.15) is 23.1 Å². The Morgan fingerprint density at radius 1 is 0.871 bits per heavy atom. The van der Waals surface area contributed by atoms with Crippen molar-refractivity contribution in [3.8, 4) is 5.75 Å². The highest BCUT2D eigenvalue weighted by Gasteiger charge is 2.40. The van der Waals surface area contributed by atoms with E-state index in [0.717, 1.165) is 16.5 Å². The average molecular weight is 420 g/mol. The second-order valence-corrected chi connectivity index (χ2v) is 7.01. The molecule has 156 valence electrons. The van der Waals surface area contributed by atoms with Gasteiger partial charge in [0, 0.05) is 0 Å². The molecule has 3 aromatic rings. The van der Waals surface area contributed by atoms with E-state index < -0.39 is 23.4 Å². The number of aryl methyl sites for hydroxylation is 1. The summed E-state index contributed by atoms with van der Waals surface area (Å²) < 4.78 is 32.6. The first-order valence-corrected chi connectivity index (χ1v) is 9.45. The molecule has 0 unspecified atom stereocenters. The number of hydrogen-bond acceptors (Lipinski definition) is 4. The van der Waals surface area contributed by atoms with E-state index in [4.69, 9.17) is 4.74 Å². The average Bonchev–Trinajstić information content (AvgIpc) is 2.98. The molecule has 31 heavy (non-hydrogen) atoms. The molecule has 0 atom stereocenters. The first kappa shape index (κ1) is 20.3. The molecule has 1 aliphatic heterocycles. The van der Waals surface area contributed by atoms with Crippen molar-refractivity contribution in [2.24, 2.45) is 0 Å². The van der Waals surface area contributed by atoms with Gasteiger partial charge in [-0.2, -0.15) is 0 Å². The molecule has 0 spiro atoms. The zero-order valence-electron chi connectivity index (χ0n) is 16.8. The highest BCUT2D eigenvalue weighted by Crippen LogP contribution is 2.36. The molecule has 1 N–H and O–H groups in total. The second-order valence-electron chi connectivity index (χ2n) is 7.01. The molecule has 0 radical (unpaired) electrons. The predicted molar refractivity (Wildman–Crippen MR) is 114 cm³/mol. The van der Waals surface area contributed by atoms with Gasteiger partial charge in [-0.1, -0.05) is 24.3 Å². The van der Waals surface area contributed by atoms with Gasteiger partial charge in [0.25, 0.3) is 11.8 Å². The highest BCUT2D eigenvalue weighted by molar-refractivity contribution is 6.46. The van der Waals surface area contributed by atoms with Gasteiger partial charge in [-0.15, -0.1) is 0 Å². The minimum atomic E-state index is -0.654. The number of carbonyl (C=O) groups excluding carboxylic acids is 2. The fraction of sp³-hybridized carbons (Fsp3) is 0.0833. The summed E-state index contributed by atoms with van der Waals surface area (Å²) in [6.45, 7) is 1.88. The fourth-order valence-corrected chi connectivity index (χ4v) is 3.43. The zero-order valence-corrected chi connectivity index (χ0v) is 16.8. The lowest BCUT2D eigenvalue weighted by Gasteiger charge is -2.16. The molecule has 2 amide bonds. The molecular weight excluding hydrogens is 402 g/mol. The smallest absolute Gasteiger partial charge is 0.282 e. The number of anilines is 2. The van der Waals surface area contributed by atoms with E-state index in [1.54, 1.807) is 12.1 Å². The van der Waals surface area contributed by atoms with Gasteiger partial charge in [-0.3, -0.25) is 9.59 Å². The van der Waals surface area contributed by atoms with E-state index in [2.05, 4.69) is 5.32 Å². The van der Waals surface area contributed by atoms with Crippen LogP contribution in [-0.4, -0.2) is 18.9 Å². The van der Waals surface area contributed by atoms with Crippen LogP contribution in [0.25, 0.3) is 5.57 Å². The number of amides is 2. The number of imide groups is 1. The third-order valence-electron chi connectivity index (χ3n) is 4.90. The Balaban J connectivity index is 1.86. The third-order valence-corrected chi connectivity index (χ3v) is 4.90. The molecule has 4 rings (SSSR count). The van der Waals surface area contributed by atoms with Crippen molar-refractivity contribution in [2.45, 2.75) is 6.92 Å². The maximum absolute atomic E-state index is 13.8. The van der Waals surface area contributed by atoms with Crippen molar-refractivity contribution >= 4 is 28.8 Å².